The average molecular weight is 488 g/mol. The minimum atomic E-state index is -3.33. The second-order valence-electron chi connectivity index (χ2n) is 9.23. The maximum Gasteiger partial charge on any atom is 0.319 e. The van der Waals surface area contributed by atoms with Crippen LogP contribution in [0.3, 0.4) is 0 Å². The van der Waals surface area contributed by atoms with Gasteiger partial charge < -0.3 is 25.0 Å². The van der Waals surface area contributed by atoms with E-state index in [0.29, 0.717) is 68.8 Å². The van der Waals surface area contributed by atoms with Crippen molar-refractivity contribution in [2.45, 2.75) is 36.6 Å². The van der Waals surface area contributed by atoms with Crippen LogP contribution in [-0.2, 0) is 24.1 Å². The topological polar surface area (TPSA) is 123 Å². The number of morpholine rings is 1. The molecule has 11 heteroatoms. The Morgan fingerprint density at radius 1 is 1.12 bits per heavy atom. The Morgan fingerprint density at radius 2 is 1.85 bits per heavy atom. The molecule has 1 aliphatic carbocycles. The lowest BCUT2D eigenvalue weighted by Gasteiger charge is -2.34. The number of sulfone groups is 1. The number of nitrogens with one attached hydrogen (secondary N) is 2. The number of rotatable bonds is 6. The minimum absolute atomic E-state index is 0.0426. The van der Waals surface area contributed by atoms with E-state index in [9.17, 15) is 13.2 Å². The number of carbonyl (C=O) groups excluding carboxylic acids is 1. The maximum atomic E-state index is 12.6. The molecule has 1 saturated carbocycles. The fraction of sp³-hybridized carbons (Fsp3) is 0.522. The van der Waals surface area contributed by atoms with Crippen LogP contribution in [0.5, 0.6) is 0 Å². The molecule has 2 aromatic rings. The lowest BCUT2D eigenvalue weighted by Crippen LogP contribution is -2.49. The Balaban J connectivity index is 1.45. The monoisotopic (exact) mass is 487 g/mol. The predicted octanol–water partition coefficient (Wildman–Crippen LogP) is 1.92. The number of hydrogen-bond acceptors (Lipinski definition) is 8. The van der Waals surface area contributed by atoms with E-state index in [1.54, 1.807) is 12.1 Å². The standard InChI is InChI=1S/C23H29N5O5S/c1-15-12-32-10-9-28(15)20-11-19(23(7-8-23)34(2,30)31)26-21(27-20)16-3-5-17(6-4-16)24-22(29)25-18-13-33-14-18/h3-6,11,15,18H,7-10,12-14H2,1-2H3,(H2,24,25,29)/t15-/m0/s1. The number of hydrogen-bond donors (Lipinski definition) is 2. The summed E-state index contributed by atoms with van der Waals surface area (Å²) < 4.78 is 34.9. The van der Waals surface area contributed by atoms with Gasteiger partial charge in [-0.3, -0.25) is 0 Å². The Hall–Kier alpha value is -2.76. The van der Waals surface area contributed by atoms with Gasteiger partial charge in [0, 0.05) is 30.1 Å². The second-order valence-corrected chi connectivity index (χ2v) is 11.6. The summed E-state index contributed by atoms with van der Waals surface area (Å²) in [5.74, 6) is 1.17. The van der Waals surface area contributed by atoms with E-state index in [0.717, 1.165) is 5.56 Å². The van der Waals surface area contributed by atoms with Gasteiger partial charge in [-0.1, -0.05) is 0 Å². The molecule has 1 aromatic heterocycles. The minimum Gasteiger partial charge on any atom is -0.377 e. The van der Waals surface area contributed by atoms with Crippen LogP contribution in [0.4, 0.5) is 16.3 Å². The number of nitrogens with zero attached hydrogens (tertiary/aromatic N) is 3. The van der Waals surface area contributed by atoms with Crippen molar-refractivity contribution in [1.82, 2.24) is 15.3 Å². The van der Waals surface area contributed by atoms with Gasteiger partial charge in [0.05, 0.1) is 44.2 Å². The molecule has 2 amide bonds. The van der Waals surface area contributed by atoms with Crippen LogP contribution >= 0.6 is 0 Å². The molecule has 2 N–H and O–H groups in total. The van der Waals surface area contributed by atoms with Gasteiger partial charge in [-0.05, 0) is 44.0 Å². The van der Waals surface area contributed by atoms with Crippen molar-refractivity contribution in [1.29, 1.82) is 0 Å². The molecule has 0 bridgehead atoms. The van der Waals surface area contributed by atoms with E-state index in [1.807, 2.05) is 18.2 Å². The molecule has 1 aromatic carbocycles. The quantitative estimate of drug-likeness (QED) is 0.634. The summed E-state index contributed by atoms with van der Waals surface area (Å²) in [4.78, 5) is 23.8. The van der Waals surface area contributed by atoms with Crippen LogP contribution < -0.4 is 15.5 Å². The number of aromatic nitrogens is 2. The van der Waals surface area contributed by atoms with Gasteiger partial charge in [0.15, 0.2) is 15.7 Å². The molecule has 2 saturated heterocycles. The highest BCUT2D eigenvalue weighted by molar-refractivity contribution is 7.91. The first-order chi connectivity index (χ1) is 16.2. The summed E-state index contributed by atoms with van der Waals surface area (Å²) in [5.41, 5.74) is 1.92. The van der Waals surface area contributed by atoms with E-state index in [2.05, 4.69) is 22.5 Å². The number of amides is 2. The van der Waals surface area contributed by atoms with E-state index in [-0.39, 0.29) is 18.1 Å². The smallest absolute Gasteiger partial charge is 0.319 e. The van der Waals surface area contributed by atoms with Crippen molar-refractivity contribution >= 4 is 27.4 Å². The third-order valence-corrected chi connectivity index (χ3v) is 8.67. The first kappa shape index (κ1) is 23.0. The van der Waals surface area contributed by atoms with Gasteiger partial charge >= 0.3 is 6.03 Å². The van der Waals surface area contributed by atoms with Crippen LogP contribution in [0.2, 0.25) is 0 Å². The fourth-order valence-corrected chi connectivity index (χ4v) is 5.64. The van der Waals surface area contributed by atoms with Gasteiger partial charge in [-0.15, -0.1) is 0 Å². The van der Waals surface area contributed by atoms with Gasteiger partial charge in [-0.25, -0.2) is 23.2 Å². The summed E-state index contributed by atoms with van der Waals surface area (Å²) >= 11 is 0. The summed E-state index contributed by atoms with van der Waals surface area (Å²) in [7, 11) is -3.33. The third-order valence-electron chi connectivity index (χ3n) is 6.63. The molecule has 2 aliphatic heterocycles. The highest BCUT2D eigenvalue weighted by Crippen LogP contribution is 2.52. The Morgan fingerprint density at radius 3 is 2.44 bits per heavy atom. The van der Waals surface area contributed by atoms with E-state index >= 15 is 0 Å². The largest absolute Gasteiger partial charge is 0.377 e. The lowest BCUT2D eigenvalue weighted by atomic mass is 10.1. The lowest BCUT2D eigenvalue weighted by molar-refractivity contribution is 0.000735. The number of urea groups is 1. The Bertz CT molecular complexity index is 1180. The maximum absolute atomic E-state index is 12.6. The zero-order chi connectivity index (χ0) is 23.9. The molecular formula is C23H29N5O5S. The van der Waals surface area contributed by atoms with Gasteiger partial charge in [0.2, 0.25) is 0 Å². The summed E-state index contributed by atoms with van der Waals surface area (Å²) in [6, 6.07) is 8.91. The Kier molecular flexibility index (Phi) is 5.95. The molecule has 34 heavy (non-hydrogen) atoms. The van der Waals surface area contributed by atoms with Gasteiger partial charge in [0.1, 0.15) is 10.6 Å². The molecule has 3 fully saturated rings. The normalized spacial score (nSPS) is 22.1. The van der Waals surface area contributed by atoms with E-state index in [1.165, 1.54) is 6.26 Å². The van der Waals surface area contributed by atoms with Crippen molar-refractivity contribution in [3.05, 3.63) is 36.0 Å². The van der Waals surface area contributed by atoms with E-state index < -0.39 is 14.6 Å². The van der Waals surface area contributed by atoms with Crippen molar-refractivity contribution in [2.75, 3.05) is 49.4 Å². The van der Waals surface area contributed by atoms with E-state index in [4.69, 9.17) is 19.4 Å². The van der Waals surface area contributed by atoms with Crippen LogP contribution in [0.25, 0.3) is 11.4 Å². The van der Waals surface area contributed by atoms with Crippen LogP contribution in [0, 0.1) is 0 Å². The molecule has 182 valence electrons. The van der Waals surface area contributed by atoms with Gasteiger partial charge in [-0.2, -0.15) is 0 Å². The zero-order valence-electron chi connectivity index (χ0n) is 19.3. The van der Waals surface area contributed by atoms with Crippen LogP contribution in [0.1, 0.15) is 25.5 Å². The molecule has 0 unspecified atom stereocenters. The molecular weight excluding hydrogens is 458 g/mol. The number of benzene rings is 1. The second kappa shape index (κ2) is 8.79. The predicted molar refractivity (Wildman–Crippen MR) is 128 cm³/mol. The highest BCUT2D eigenvalue weighted by Gasteiger charge is 2.55. The third kappa shape index (κ3) is 4.47. The molecule has 1 atom stereocenters. The molecule has 0 radical (unpaired) electrons. The summed E-state index contributed by atoms with van der Waals surface area (Å²) in [6.07, 6.45) is 2.40. The summed E-state index contributed by atoms with van der Waals surface area (Å²) in [5, 5.41) is 5.64. The van der Waals surface area contributed by atoms with Crippen molar-refractivity contribution in [3.63, 3.8) is 0 Å². The van der Waals surface area contributed by atoms with Crippen LogP contribution in [0.15, 0.2) is 30.3 Å². The Labute approximate surface area is 199 Å². The molecule has 3 aliphatic rings. The summed E-state index contributed by atoms with van der Waals surface area (Å²) in [6.45, 7) is 4.96. The fourth-order valence-electron chi connectivity index (χ4n) is 4.32. The van der Waals surface area contributed by atoms with Crippen LogP contribution in [-0.4, -0.2) is 75.7 Å². The van der Waals surface area contributed by atoms with Crippen molar-refractivity contribution in [2.24, 2.45) is 0 Å². The van der Waals surface area contributed by atoms with Gasteiger partial charge in [0.25, 0.3) is 0 Å². The van der Waals surface area contributed by atoms with Crippen molar-refractivity contribution in [3.8, 4) is 11.4 Å². The zero-order valence-corrected chi connectivity index (χ0v) is 20.1. The molecule has 10 nitrogen and oxygen atoms in total. The highest BCUT2D eigenvalue weighted by atomic mass is 32.2. The number of ether oxygens (including phenoxy) is 2. The number of carbonyl (C=O) groups is 1. The first-order valence-corrected chi connectivity index (χ1v) is 13.3. The molecule has 3 heterocycles. The SMILES string of the molecule is C[C@H]1COCCN1c1cc(C2(S(C)(=O)=O)CC2)nc(-c2ccc(NC(=O)NC3COC3)cc2)n1. The number of anilines is 2. The molecule has 5 rings (SSSR count). The van der Waals surface area contributed by atoms with Crippen molar-refractivity contribution < 1.29 is 22.7 Å². The average Bonchev–Trinajstić information content (AvgIpc) is 3.59. The molecule has 0 spiro atoms. The first-order valence-electron chi connectivity index (χ1n) is 11.4.